The van der Waals surface area contributed by atoms with Crippen LogP contribution in [0, 0.1) is 10.5 Å². The van der Waals surface area contributed by atoms with E-state index in [4.69, 9.17) is 0 Å². The molecule has 3 aromatic rings. The van der Waals surface area contributed by atoms with Crippen molar-refractivity contribution in [1.29, 1.82) is 0 Å². The van der Waals surface area contributed by atoms with Gasteiger partial charge in [0.15, 0.2) is 0 Å². The highest BCUT2D eigenvalue weighted by molar-refractivity contribution is 14.1. The van der Waals surface area contributed by atoms with Gasteiger partial charge in [-0.15, -0.1) is 0 Å². The maximum atomic E-state index is 11.8. The van der Waals surface area contributed by atoms with Gasteiger partial charge in [0.25, 0.3) is 0 Å². The number of carboxylic acids is 2. The molecule has 0 radical (unpaired) electrons. The van der Waals surface area contributed by atoms with Gasteiger partial charge in [0.05, 0.1) is 5.57 Å². The molecule has 126 valence electrons. The number of aryl methyl sites for hydroxylation is 1. The topological polar surface area (TPSA) is 90.4 Å². The predicted octanol–water partition coefficient (Wildman–Crippen LogP) is 4.40. The van der Waals surface area contributed by atoms with Crippen molar-refractivity contribution >= 4 is 57.1 Å². The molecule has 0 aliphatic carbocycles. The monoisotopic (exact) mass is 447 g/mol. The smallest absolute Gasteiger partial charge is 0.352 e. The molecule has 2 aromatic carbocycles. The summed E-state index contributed by atoms with van der Waals surface area (Å²) in [4.78, 5) is 26.3. The fraction of sp³-hybridized carbons (Fsp3) is 0.0526. The van der Waals surface area contributed by atoms with Crippen LogP contribution in [0.2, 0.25) is 0 Å². The molecule has 0 saturated heterocycles. The molecule has 0 saturated carbocycles. The predicted molar refractivity (Wildman–Crippen MR) is 105 cm³/mol. The number of aromatic nitrogens is 1. The van der Waals surface area contributed by atoms with Gasteiger partial charge in [-0.05, 0) is 58.9 Å². The van der Waals surface area contributed by atoms with Crippen LogP contribution in [0.5, 0.6) is 0 Å². The SMILES string of the molecule is Cc1cc(I)cc2[nH]c(C(=O)O)c(/C=C(/C(=O)O)c3ccccc3)c12. The number of benzene rings is 2. The van der Waals surface area contributed by atoms with Gasteiger partial charge in [-0.2, -0.15) is 0 Å². The fourth-order valence-corrected chi connectivity index (χ4v) is 3.65. The number of H-pyrrole nitrogens is 1. The maximum absolute atomic E-state index is 11.8. The minimum absolute atomic E-state index is 0.0187. The first-order valence-electron chi connectivity index (χ1n) is 7.44. The molecule has 3 N–H and O–H groups in total. The Hall–Kier alpha value is -2.61. The van der Waals surface area contributed by atoms with Crippen LogP contribution in [-0.4, -0.2) is 27.1 Å². The Morgan fingerprint density at radius 3 is 2.40 bits per heavy atom. The van der Waals surface area contributed by atoms with E-state index in [-0.39, 0.29) is 11.3 Å². The first-order valence-corrected chi connectivity index (χ1v) is 8.52. The van der Waals surface area contributed by atoms with Gasteiger partial charge in [-0.1, -0.05) is 30.3 Å². The van der Waals surface area contributed by atoms with E-state index >= 15 is 0 Å². The van der Waals surface area contributed by atoms with E-state index < -0.39 is 11.9 Å². The molecule has 25 heavy (non-hydrogen) atoms. The quantitative estimate of drug-likeness (QED) is 0.409. The fourth-order valence-electron chi connectivity index (χ4n) is 2.87. The van der Waals surface area contributed by atoms with Gasteiger partial charge >= 0.3 is 11.9 Å². The van der Waals surface area contributed by atoms with Gasteiger partial charge < -0.3 is 15.2 Å². The molecular weight excluding hydrogens is 433 g/mol. The summed E-state index contributed by atoms with van der Waals surface area (Å²) in [5, 5.41) is 19.9. The highest BCUT2D eigenvalue weighted by atomic mass is 127. The lowest BCUT2D eigenvalue weighted by Gasteiger charge is -2.05. The molecule has 6 heteroatoms. The van der Waals surface area contributed by atoms with Crippen molar-refractivity contribution < 1.29 is 19.8 Å². The molecule has 0 bridgehead atoms. The lowest BCUT2D eigenvalue weighted by Crippen LogP contribution is -2.02. The van der Waals surface area contributed by atoms with Crippen molar-refractivity contribution in [2.24, 2.45) is 0 Å². The summed E-state index contributed by atoms with van der Waals surface area (Å²) >= 11 is 2.16. The van der Waals surface area contributed by atoms with Crippen molar-refractivity contribution in [3.05, 3.63) is 68.4 Å². The van der Waals surface area contributed by atoms with E-state index in [1.807, 2.05) is 19.1 Å². The zero-order chi connectivity index (χ0) is 18.1. The van der Waals surface area contributed by atoms with Crippen LogP contribution in [0.3, 0.4) is 0 Å². The molecule has 3 rings (SSSR count). The Labute approximate surface area is 157 Å². The standard InChI is InChI=1S/C19H14INO4/c1-10-7-12(20)8-15-16(10)14(17(21-15)19(24)25)9-13(18(22)23)11-5-3-2-4-6-11/h2-9,21H,1H3,(H,22,23)(H,24,25)/b13-9+. The molecule has 1 aromatic heterocycles. The molecule has 1 heterocycles. The van der Waals surface area contributed by atoms with Crippen LogP contribution in [-0.2, 0) is 4.79 Å². The lowest BCUT2D eigenvalue weighted by atomic mass is 9.99. The minimum Gasteiger partial charge on any atom is -0.478 e. The number of rotatable bonds is 4. The highest BCUT2D eigenvalue weighted by Crippen LogP contribution is 2.31. The normalized spacial score (nSPS) is 11.7. The number of halogens is 1. The van der Waals surface area contributed by atoms with Gasteiger partial charge in [0.2, 0.25) is 0 Å². The van der Waals surface area contributed by atoms with Crippen LogP contribution in [0.25, 0.3) is 22.6 Å². The van der Waals surface area contributed by atoms with E-state index in [1.165, 1.54) is 6.08 Å². The zero-order valence-corrected chi connectivity index (χ0v) is 15.4. The first kappa shape index (κ1) is 17.2. The molecule has 0 amide bonds. The van der Waals surface area contributed by atoms with Crippen molar-refractivity contribution in [2.45, 2.75) is 6.92 Å². The van der Waals surface area contributed by atoms with Gasteiger partial charge in [0.1, 0.15) is 5.69 Å². The third kappa shape index (κ3) is 3.30. The average molecular weight is 447 g/mol. The summed E-state index contributed by atoms with van der Waals surface area (Å²) in [6, 6.07) is 12.4. The minimum atomic E-state index is -1.13. The third-order valence-corrected chi connectivity index (χ3v) is 4.54. The molecular formula is C19H14INO4. The Bertz CT molecular complexity index is 1020. The van der Waals surface area contributed by atoms with Gasteiger partial charge in [-0.25, -0.2) is 9.59 Å². The van der Waals surface area contributed by atoms with Gasteiger partial charge in [-0.3, -0.25) is 0 Å². The van der Waals surface area contributed by atoms with Crippen LogP contribution < -0.4 is 0 Å². The molecule has 0 unspecified atom stereocenters. The first-order chi connectivity index (χ1) is 11.9. The number of carbonyl (C=O) groups is 2. The molecule has 0 aliphatic rings. The second-order valence-corrected chi connectivity index (χ2v) is 6.84. The molecule has 0 atom stereocenters. The lowest BCUT2D eigenvalue weighted by molar-refractivity contribution is -0.130. The number of aromatic amines is 1. The second kappa shape index (κ2) is 6.72. The van der Waals surface area contributed by atoms with Crippen molar-refractivity contribution in [3.63, 3.8) is 0 Å². The zero-order valence-electron chi connectivity index (χ0n) is 13.2. The molecule has 0 aliphatic heterocycles. The molecule has 0 fully saturated rings. The number of aliphatic carboxylic acids is 1. The van der Waals surface area contributed by atoms with Gasteiger partial charge in [0, 0.05) is 20.0 Å². The number of aromatic carboxylic acids is 1. The van der Waals surface area contributed by atoms with Crippen molar-refractivity contribution in [1.82, 2.24) is 4.98 Å². The summed E-state index contributed by atoms with van der Waals surface area (Å²) in [7, 11) is 0. The number of carboxylic acid groups (broad SMARTS) is 2. The third-order valence-electron chi connectivity index (χ3n) is 3.92. The van der Waals surface area contributed by atoms with Crippen LogP contribution in [0.15, 0.2) is 42.5 Å². The summed E-state index contributed by atoms with van der Waals surface area (Å²) in [5.41, 5.74) is 2.47. The highest BCUT2D eigenvalue weighted by Gasteiger charge is 2.20. The number of hydrogen-bond acceptors (Lipinski definition) is 2. The van der Waals surface area contributed by atoms with Crippen LogP contribution >= 0.6 is 22.6 Å². The van der Waals surface area contributed by atoms with E-state index in [9.17, 15) is 19.8 Å². The Morgan fingerprint density at radius 1 is 1.12 bits per heavy atom. The molecule has 0 spiro atoms. The Kier molecular flexibility index (Phi) is 4.63. The summed E-state index contributed by atoms with van der Waals surface area (Å²) in [6.45, 7) is 1.88. The van der Waals surface area contributed by atoms with E-state index in [0.717, 1.165) is 9.13 Å². The Balaban J connectivity index is 2.35. The maximum Gasteiger partial charge on any atom is 0.352 e. The number of fused-ring (bicyclic) bond motifs is 1. The summed E-state index contributed by atoms with van der Waals surface area (Å²) < 4.78 is 0.970. The van der Waals surface area contributed by atoms with Crippen molar-refractivity contribution in [2.75, 3.05) is 0 Å². The van der Waals surface area contributed by atoms with Crippen LogP contribution in [0.1, 0.15) is 27.2 Å². The average Bonchev–Trinajstić information content (AvgIpc) is 2.91. The van der Waals surface area contributed by atoms with Crippen LogP contribution in [0.4, 0.5) is 0 Å². The summed E-state index contributed by atoms with van der Waals surface area (Å²) in [6.07, 6.45) is 1.43. The second-order valence-electron chi connectivity index (χ2n) is 5.59. The van der Waals surface area contributed by atoms with E-state index in [2.05, 4.69) is 27.6 Å². The largest absolute Gasteiger partial charge is 0.478 e. The summed E-state index contributed by atoms with van der Waals surface area (Å²) in [5.74, 6) is -2.24. The van der Waals surface area contributed by atoms with E-state index in [1.54, 1.807) is 30.3 Å². The van der Waals surface area contributed by atoms with Crippen molar-refractivity contribution in [3.8, 4) is 0 Å². The Morgan fingerprint density at radius 2 is 1.80 bits per heavy atom. The van der Waals surface area contributed by atoms with E-state index in [0.29, 0.717) is 22.0 Å². The number of hydrogen-bond donors (Lipinski definition) is 3. The molecule has 5 nitrogen and oxygen atoms in total. The number of nitrogens with one attached hydrogen (secondary N) is 1.